The van der Waals surface area contributed by atoms with E-state index in [-0.39, 0.29) is 17.5 Å². The molecule has 100 valence electrons. The van der Waals surface area contributed by atoms with E-state index in [2.05, 4.69) is 0 Å². The van der Waals surface area contributed by atoms with Crippen molar-refractivity contribution in [2.75, 3.05) is 6.54 Å². The number of nitrogens with zero attached hydrogens (tertiary/aromatic N) is 1. The van der Waals surface area contributed by atoms with Crippen molar-refractivity contribution in [1.29, 1.82) is 0 Å². The molecule has 0 saturated heterocycles. The topological polar surface area (TPSA) is 20.3 Å². The normalized spacial score (nSPS) is 11.1. The van der Waals surface area contributed by atoms with Gasteiger partial charge in [0.1, 0.15) is 0 Å². The highest BCUT2D eigenvalue weighted by atomic mass is 19.2. The van der Waals surface area contributed by atoms with Gasteiger partial charge in [-0.25, -0.2) is 8.78 Å². The van der Waals surface area contributed by atoms with Crippen LogP contribution in [0.3, 0.4) is 0 Å². The van der Waals surface area contributed by atoms with Gasteiger partial charge in [-0.05, 0) is 31.9 Å². The number of carbonyl (C=O) groups is 1. The monoisotopic (exact) mass is 255 g/mol. The summed E-state index contributed by atoms with van der Waals surface area (Å²) in [6, 6.07) is 3.62. The smallest absolute Gasteiger partial charge is 0.257 e. The third-order valence-electron chi connectivity index (χ3n) is 2.63. The molecule has 4 heteroatoms. The number of halogens is 2. The van der Waals surface area contributed by atoms with E-state index in [1.165, 1.54) is 12.1 Å². The fraction of sp³-hybridized carbons (Fsp3) is 0.500. The molecule has 1 amide bonds. The lowest BCUT2D eigenvalue weighted by atomic mass is 10.1. The zero-order valence-electron chi connectivity index (χ0n) is 11.2. The lowest BCUT2D eigenvalue weighted by molar-refractivity contribution is 0.0676. The third-order valence-corrected chi connectivity index (χ3v) is 2.63. The maximum atomic E-state index is 13.6. The summed E-state index contributed by atoms with van der Waals surface area (Å²) in [5.41, 5.74) is -0.204. The van der Waals surface area contributed by atoms with Crippen molar-refractivity contribution in [3.8, 4) is 0 Å². The summed E-state index contributed by atoms with van der Waals surface area (Å²) in [6.07, 6.45) is 0. The molecule has 0 unspecified atom stereocenters. The van der Waals surface area contributed by atoms with E-state index in [4.69, 9.17) is 0 Å². The molecular formula is C14H19F2NO. The van der Waals surface area contributed by atoms with Gasteiger partial charge in [-0.2, -0.15) is 0 Å². The second-order valence-corrected chi connectivity index (χ2v) is 5.05. The Kier molecular flexibility index (Phi) is 4.82. The van der Waals surface area contributed by atoms with E-state index in [1.807, 2.05) is 27.7 Å². The van der Waals surface area contributed by atoms with Crippen molar-refractivity contribution in [3.63, 3.8) is 0 Å². The zero-order chi connectivity index (χ0) is 13.9. The summed E-state index contributed by atoms with van der Waals surface area (Å²) in [5, 5.41) is 0. The van der Waals surface area contributed by atoms with Crippen molar-refractivity contribution < 1.29 is 13.6 Å². The van der Waals surface area contributed by atoms with E-state index < -0.39 is 17.5 Å². The van der Waals surface area contributed by atoms with Crippen molar-refractivity contribution in [2.24, 2.45) is 5.92 Å². The summed E-state index contributed by atoms with van der Waals surface area (Å²) in [7, 11) is 0. The van der Waals surface area contributed by atoms with Crippen LogP contribution in [0.25, 0.3) is 0 Å². The van der Waals surface area contributed by atoms with Gasteiger partial charge in [-0.3, -0.25) is 4.79 Å². The van der Waals surface area contributed by atoms with E-state index in [0.29, 0.717) is 6.54 Å². The van der Waals surface area contributed by atoms with E-state index in [0.717, 1.165) is 6.07 Å². The van der Waals surface area contributed by atoms with Crippen LogP contribution in [0, 0.1) is 17.6 Å². The first-order valence-corrected chi connectivity index (χ1v) is 6.09. The predicted octanol–water partition coefficient (Wildman–Crippen LogP) is 3.47. The van der Waals surface area contributed by atoms with Crippen LogP contribution in [0.1, 0.15) is 38.1 Å². The molecule has 1 aromatic rings. The van der Waals surface area contributed by atoms with Gasteiger partial charge in [-0.1, -0.05) is 19.9 Å². The summed E-state index contributed by atoms with van der Waals surface area (Å²) >= 11 is 0. The highest BCUT2D eigenvalue weighted by Gasteiger charge is 2.23. The maximum Gasteiger partial charge on any atom is 0.257 e. The highest BCUT2D eigenvalue weighted by Crippen LogP contribution is 2.16. The summed E-state index contributed by atoms with van der Waals surface area (Å²) in [6.45, 7) is 8.19. The first-order chi connectivity index (χ1) is 8.34. The fourth-order valence-corrected chi connectivity index (χ4v) is 1.75. The summed E-state index contributed by atoms with van der Waals surface area (Å²) < 4.78 is 26.7. The second-order valence-electron chi connectivity index (χ2n) is 5.05. The average molecular weight is 255 g/mol. The minimum Gasteiger partial charge on any atom is -0.336 e. The Morgan fingerprint density at radius 1 is 1.22 bits per heavy atom. The van der Waals surface area contributed by atoms with Gasteiger partial charge in [-0.15, -0.1) is 0 Å². The van der Waals surface area contributed by atoms with Gasteiger partial charge >= 0.3 is 0 Å². The van der Waals surface area contributed by atoms with E-state index in [1.54, 1.807) is 4.90 Å². The standard InChI is InChI=1S/C14H19F2NO/c1-9(2)8-17(10(3)4)14(18)11-6-5-7-12(15)13(11)16/h5-7,9-10H,8H2,1-4H3. The van der Waals surface area contributed by atoms with Crippen molar-refractivity contribution >= 4 is 5.91 Å². The van der Waals surface area contributed by atoms with Crippen LogP contribution < -0.4 is 0 Å². The quantitative estimate of drug-likeness (QED) is 0.806. The lowest BCUT2D eigenvalue weighted by Gasteiger charge is -2.28. The SMILES string of the molecule is CC(C)CN(C(=O)c1cccc(F)c1F)C(C)C. The predicted molar refractivity (Wildman–Crippen MR) is 67.4 cm³/mol. The molecule has 0 fully saturated rings. The molecule has 0 aliphatic rings. The molecule has 2 nitrogen and oxygen atoms in total. The Morgan fingerprint density at radius 3 is 2.33 bits per heavy atom. The molecule has 1 rings (SSSR count). The first kappa shape index (κ1) is 14.6. The Balaban J connectivity index is 3.06. The van der Waals surface area contributed by atoms with Crippen LogP contribution >= 0.6 is 0 Å². The Bertz CT molecular complexity index is 430. The number of amides is 1. The number of benzene rings is 1. The third kappa shape index (κ3) is 3.28. The lowest BCUT2D eigenvalue weighted by Crippen LogP contribution is -2.40. The molecule has 18 heavy (non-hydrogen) atoms. The molecule has 1 aromatic carbocycles. The largest absolute Gasteiger partial charge is 0.336 e. The van der Waals surface area contributed by atoms with Gasteiger partial charge in [0.2, 0.25) is 0 Å². The number of hydrogen-bond acceptors (Lipinski definition) is 1. The van der Waals surface area contributed by atoms with Gasteiger partial charge in [0.05, 0.1) is 5.56 Å². The molecule has 0 radical (unpaired) electrons. The molecule has 0 saturated carbocycles. The highest BCUT2D eigenvalue weighted by molar-refractivity contribution is 5.94. The van der Waals surface area contributed by atoms with Crippen molar-refractivity contribution in [2.45, 2.75) is 33.7 Å². The second kappa shape index (κ2) is 5.94. The van der Waals surface area contributed by atoms with Gasteiger partial charge in [0.15, 0.2) is 11.6 Å². The molecule has 0 atom stereocenters. The fourth-order valence-electron chi connectivity index (χ4n) is 1.75. The van der Waals surface area contributed by atoms with Crippen LogP contribution in [0.15, 0.2) is 18.2 Å². The molecule has 0 aliphatic heterocycles. The Morgan fingerprint density at radius 2 is 1.83 bits per heavy atom. The summed E-state index contributed by atoms with van der Waals surface area (Å²) in [4.78, 5) is 13.8. The molecule has 0 bridgehead atoms. The van der Waals surface area contributed by atoms with Crippen LogP contribution in [0.4, 0.5) is 8.78 Å². The first-order valence-electron chi connectivity index (χ1n) is 6.09. The van der Waals surface area contributed by atoms with E-state index in [9.17, 15) is 13.6 Å². The molecule has 0 spiro atoms. The minimum atomic E-state index is -1.07. The Hall–Kier alpha value is -1.45. The van der Waals surface area contributed by atoms with E-state index >= 15 is 0 Å². The molecular weight excluding hydrogens is 236 g/mol. The van der Waals surface area contributed by atoms with Gasteiger partial charge in [0, 0.05) is 12.6 Å². The summed E-state index contributed by atoms with van der Waals surface area (Å²) in [5.74, 6) is -2.25. The molecule has 0 aromatic heterocycles. The number of rotatable bonds is 4. The van der Waals surface area contributed by atoms with Crippen LogP contribution in [-0.4, -0.2) is 23.4 Å². The van der Waals surface area contributed by atoms with Crippen molar-refractivity contribution in [1.82, 2.24) is 4.90 Å². The van der Waals surface area contributed by atoms with Crippen molar-refractivity contribution in [3.05, 3.63) is 35.4 Å². The minimum absolute atomic E-state index is 0.0532. The average Bonchev–Trinajstić information content (AvgIpc) is 2.28. The maximum absolute atomic E-state index is 13.6. The van der Waals surface area contributed by atoms with Crippen LogP contribution in [0.5, 0.6) is 0 Å². The van der Waals surface area contributed by atoms with Crippen LogP contribution in [0.2, 0.25) is 0 Å². The van der Waals surface area contributed by atoms with Crippen LogP contribution in [-0.2, 0) is 0 Å². The number of carbonyl (C=O) groups excluding carboxylic acids is 1. The number of hydrogen-bond donors (Lipinski definition) is 0. The zero-order valence-corrected chi connectivity index (χ0v) is 11.2. The Labute approximate surface area is 107 Å². The van der Waals surface area contributed by atoms with Gasteiger partial charge in [0.25, 0.3) is 5.91 Å². The molecule has 0 heterocycles. The molecule has 0 aliphatic carbocycles. The molecule has 0 N–H and O–H groups in total. The van der Waals surface area contributed by atoms with Gasteiger partial charge < -0.3 is 4.90 Å².